The summed E-state index contributed by atoms with van der Waals surface area (Å²) < 4.78 is 30.3. The molecule has 3 nitrogen and oxygen atoms in total. The number of rotatable bonds is 2. The Morgan fingerprint density at radius 1 is 1.14 bits per heavy atom. The predicted molar refractivity (Wildman–Crippen MR) is 55.9 cm³/mol. The Bertz CT molecular complexity index is 423. The Labute approximate surface area is 84.5 Å². The van der Waals surface area contributed by atoms with E-state index in [1.807, 2.05) is 32.9 Å². The summed E-state index contributed by atoms with van der Waals surface area (Å²) in [6.07, 6.45) is 0. The molecule has 0 aromatic heterocycles. The van der Waals surface area contributed by atoms with Crippen molar-refractivity contribution in [1.29, 1.82) is 0 Å². The minimum absolute atomic E-state index is 0.301. The Balaban J connectivity index is 3.22. The molecular formula is C10H14O3S. The molecule has 0 heterocycles. The van der Waals surface area contributed by atoms with Crippen LogP contribution in [-0.4, -0.2) is 13.0 Å². The van der Waals surface area contributed by atoms with E-state index in [1.165, 1.54) is 0 Å². The topological polar surface area (TPSA) is 54.4 Å². The molecule has 1 aromatic rings. The van der Waals surface area contributed by atoms with Crippen LogP contribution in [0.5, 0.6) is 0 Å². The van der Waals surface area contributed by atoms with Crippen molar-refractivity contribution < 1.29 is 13.0 Å². The lowest BCUT2D eigenvalue weighted by Crippen LogP contribution is -2.05. The molecule has 0 spiro atoms. The lowest BCUT2D eigenvalue weighted by atomic mass is 10.0. The molecule has 0 bridgehead atoms. The van der Waals surface area contributed by atoms with E-state index >= 15 is 0 Å². The van der Waals surface area contributed by atoms with E-state index in [0.29, 0.717) is 5.56 Å². The number of hydrogen-bond donors (Lipinski definition) is 1. The van der Waals surface area contributed by atoms with Gasteiger partial charge >= 0.3 is 0 Å². The van der Waals surface area contributed by atoms with Crippen molar-refractivity contribution in [2.45, 2.75) is 26.5 Å². The molecule has 0 aliphatic rings. The lowest BCUT2D eigenvalue weighted by Gasteiger charge is -2.09. The van der Waals surface area contributed by atoms with Gasteiger partial charge in [0.25, 0.3) is 10.1 Å². The molecule has 14 heavy (non-hydrogen) atoms. The summed E-state index contributed by atoms with van der Waals surface area (Å²) in [6.45, 7) is 5.65. The second kappa shape index (κ2) is 3.71. The second-order valence-corrected chi connectivity index (χ2v) is 5.06. The first-order chi connectivity index (χ1) is 6.29. The van der Waals surface area contributed by atoms with Gasteiger partial charge in [-0.15, -0.1) is 0 Å². The molecule has 0 fully saturated rings. The van der Waals surface area contributed by atoms with Gasteiger partial charge in [0.05, 0.1) is 0 Å². The van der Waals surface area contributed by atoms with Crippen LogP contribution in [-0.2, 0) is 15.9 Å². The summed E-state index contributed by atoms with van der Waals surface area (Å²) in [6, 6.07) is 3.82. The van der Waals surface area contributed by atoms with Crippen LogP contribution in [0, 0.1) is 20.8 Å². The quantitative estimate of drug-likeness (QED) is 0.766. The van der Waals surface area contributed by atoms with Crippen LogP contribution >= 0.6 is 0 Å². The van der Waals surface area contributed by atoms with Crippen LogP contribution in [0.4, 0.5) is 0 Å². The first-order valence-electron chi connectivity index (χ1n) is 4.31. The highest BCUT2D eigenvalue weighted by Crippen LogP contribution is 2.18. The molecule has 4 heteroatoms. The standard InChI is InChI=1S/C10H14O3S/c1-7-4-8(2)10(9(3)5-7)6-14(11,12)13/h4-5H,6H2,1-3H3,(H,11,12,13). The maximum absolute atomic E-state index is 10.7. The smallest absolute Gasteiger partial charge is 0.269 e. The summed E-state index contributed by atoms with van der Waals surface area (Å²) in [5.74, 6) is -0.301. The number of aryl methyl sites for hydroxylation is 3. The fraction of sp³-hybridized carbons (Fsp3) is 0.400. The molecule has 1 aromatic carbocycles. The van der Waals surface area contributed by atoms with E-state index in [-0.39, 0.29) is 5.75 Å². The maximum atomic E-state index is 10.7. The first kappa shape index (κ1) is 11.2. The number of hydrogen-bond acceptors (Lipinski definition) is 2. The average Bonchev–Trinajstić information content (AvgIpc) is 1.95. The Kier molecular flexibility index (Phi) is 2.97. The Hall–Kier alpha value is -0.870. The predicted octanol–water partition coefficient (Wildman–Crippen LogP) is 2.00. The van der Waals surface area contributed by atoms with Gasteiger partial charge in [-0.3, -0.25) is 4.55 Å². The zero-order chi connectivity index (χ0) is 10.9. The van der Waals surface area contributed by atoms with Crippen molar-refractivity contribution in [2.75, 3.05) is 0 Å². The molecule has 0 aliphatic heterocycles. The normalized spacial score (nSPS) is 11.7. The third-order valence-corrected chi connectivity index (χ3v) is 2.82. The van der Waals surface area contributed by atoms with Crippen molar-refractivity contribution in [1.82, 2.24) is 0 Å². The van der Waals surface area contributed by atoms with E-state index in [2.05, 4.69) is 0 Å². The highest BCUT2D eigenvalue weighted by molar-refractivity contribution is 7.85. The third-order valence-electron chi connectivity index (χ3n) is 2.17. The van der Waals surface area contributed by atoms with Gasteiger partial charge in [0.15, 0.2) is 0 Å². The van der Waals surface area contributed by atoms with Gasteiger partial charge in [0, 0.05) is 0 Å². The summed E-state index contributed by atoms with van der Waals surface area (Å²) in [4.78, 5) is 0. The van der Waals surface area contributed by atoms with Crippen molar-refractivity contribution in [3.63, 3.8) is 0 Å². The van der Waals surface area contributed by atoms with Gasteiger partial charge < -0.3 is 0 Å². The van der Waals surface area contributed by atoms with Gasteiger partial charge in [0.2, 0.25) is 0 Å². The fourth-order valence-corrected chi connectivity index (χ4v) is 2.44. The molecular weight excluding hydrogens is 200 g/mol. The van der Waals surface area contributed by atoms with E-state index < -0.39 is 10.1 Å². The van der Waals surface area contributed by atoms with Gasteiger partial charge in [-0.25, -0.2) is 0 Å². The average molecular weight is 214 g/mol. The van der Waals surface area contributed by atoms with Crippen LogP contribution in [0.3, 0.4) is 0 Å². The molecule has 0 saturated heterocycles. The maximum Gasteiger partial charge on any atom is 0.269 e. The van der Waals surface area contributed by atoms with Crippen LogP contribution in [0.15, 0.2) is 12.1 Å². The van der Waals surface area contributed by atoms with E-state index in [0.717, 1.165) is 16.7 Å². The molecule has 0 amide bonds. The van der Waals surface area contributed by atoms with Crippen LogP contribution in [0.1, 0.15) is 22.3 Å². The molecule has 0 radical (unpaired) electrons. The number of benzene rings is 1. The van der Waals surface area contributed by atoms with Crippen molar-refractivity contribution in [2.24, 2.45) is 0 Å². The zero-order valence-electron chi connectivity index (χ0n) is 8.53. The molecule has 78 valence electrons. The Morgan fingerprint density at radius 2 is 1.57 bits per heavy atom. The monoisotopic (exact) mass is 214 g/mol. The summed E-state index contributed by atoms with van der Waals surface area (Å²) in [7, 11) is -3.94. The molecule has 0 aliphatic carbocycles. The zero-order valence-corrected chi connectivity index (χ0v) is 9.35. The second-order valence-electron chi connectivity index (χ2n) is 3.60. The van der Waals surface area contributed by atoms with Gasteiger partial charge in [-0.05, 0) is 37.5 Å². The van der Waals surface area contributed by atoms with Crippen molar-refractivity contribution >= 4 is 10.1 Å². The SMILES string of the molecule is Cc1cc(C)c(CS(=O)(=O)O)c(C)c1. The van der Waals surface area contributed by atoms with Crippen LogP contribution in [0.2, 0.25) is 0 Å². The minimum Gasteiger partial charge on any atom is -0.285 e. The van der Waals surface area contributed by atoms with E-state index in [4.69, 9.17) is 4.55 Å². The summed E-state index contributed by atoms with van der Waals surface area (Å²) in [5, 5.41) is 0. The molecule has 0 saturated carbocycles. The highest BCUT2D eigenvalue weighted by Gasteiger charge is 2.11. The van der Waals surface area contributed by atoms with E-state index in [9.17, 15) is 8.42 Å². The van der Waals surface area contributed by atoms with E-state index in [1.54, 1.807) is 0 Å². The van der Waals surface area contributed by atoms with Crippen LogP contribution in [0.25, 0.3) is 0 Å². The largest absolute Gasteiger partial charge is 0.285 e. The summed E-state index contributed by atoms with van der Waals surface area (Å²) in [5.41, 5.74) is 3.59. The van der Waals surface area contributed by atoms with Crippen molar-refractivity contribution in [3.8, 4) is 0 Å². The van der Waals surface area contributed by atoms with Crippen molar-refractivity contribution in [3.05, 3.63) is 34.4 Å². The Morgan fingerprint density at radius 3 is 1.93 bits per heavy atom. The third kappa shape index (κ3) is 2.82. The van der Waals surface area contributed by atoms with Gasteiger partial charge in [-0.2, -0.15) is 8.42 Å². The van der Waals surface area contributed by atoms with Gasteiger partial charge in [-0.1, -0.05) is 17.7 Å². The first-order valence-corrected chi connectivity index (χ1v) is 5.92. The molecule has 0 atom stereocenters. The summed E-state index contributed by atoms with van der Waals surface area (Å²) >= 11 is 0. The molecule has 1 N–H and O–H groups in total. The lowest BCUT2D eigenvalue weighted by molar-refractivity contribution is 0.482. The molecule has 0 unspecified atom stereocenters. The van der Waals surface area contributed by atoms with Crippen LogP contribution < -0.4 is 0 Å². The fourth-order valence-electron chi connectivity index (χ4n) is 1.62. The minimum atomic E-state index is -3.94. The highest BCUT2D eigenvalue weighted by atomic mass is 32.2. The van der Waals surface area contributed by atoms with Gasteiger partial charge in [0.1, 0.15) is 5.75 Å². The molecule has 1 rings (SSSR count).